The van der Waals surface area contributed by atoms with Crippen molar-refractivity contribution in [1.29, 1.82) is 5.26 Å². The average Bonchev–Trinajstić information content (AvgIpc) is 2.78. The van der Waals surface area contributed by atoms with Crippen LogP contribution >= 0.6 is 23.5 Å². The van der Waals surface area contributed by atoms with Crippen molar-refractivity contribution < 1.29 is 26.7 Å². The number of halogens is 5. The summed E-state index contributed by atoms with van der Waals surface area (Å²) in [5.41, 5.74) is -0.202. The van der Waals surface area contributed by atoms with Gasteiger partial charge in [-0.1, -0.05) is 53.4 Å². The molecule has 3 aromatic rings. The molecule has 3 rings (SSSR count). The Hall–Kier alpha value is -3.10. The zero-order chi connectivity index (χ0) is 24.9. The molecule has 1 aromatic heterocycles. The third-order valence-corrected chi connectivity index (χ3v) is 6.15. The van der Waals surface area contributed by atoms with Crippen LogP contribution < -0.4 is 5.32 Å². The van der Waals surface area contributed by atoms with Gasteiger partial charge in [0.2, 0.25) is 5.91 Å². The number of nitrogens with zero attached hydrogens (tertiary/aromatic N) is 2. The Balaban J connectivity index is 1.90. The Kier molecular flexibility index (Phi) is 8.17. The van der Waals surface area contributed by atoms with E-state index >= 15 is 0 Å². The Morgan fingerprint density at radius 2 is 1.76 bits per heavy atom. The molecular weight excluding hydrogens is 493 g/mol. The van der Waals surface area contributed by atoms with E-state index in [4.69, 9.17) is 0 Å². The number of benzene rings is 2. The van der Waals surface area contributed by atoms with Crippen molar-refractivity contribution in [3.63, 3.8) is 0 Å². The van der Waals surface area contributed by atoms with Gasteiger partial charge < -0.3 is 5.32 Å². The maximum atomic E-state index is 13.7. The number of hydrogen-bond acceptors (Lipinski definition) is 5. The van der Waals surface area contributed by atoms with E-state index in [0.717, 1.165) is 11.6 Å². The molecule has 0 aliphatic carbocycles. The second kappa shape index (κ2) is 10.9. The van der Waals surface area contributed by atoms with Crippen LogP contribution in [-0.2, 0) is 11.0 Å². The summed E-state index contributed by atoms with van der Waals surface area (Å²) < 4.78 is 66.1. The van der Waals surface area contributed by atoms with Crippen molar-refractivity contribution in [3.05, 3.63) is 71.3 Å². The highest BCUT2D eigenvalue weighted by Crippen LogP contribution is 2.38. The number of anilines is 1. The monoisotopic (exact) mass is 509 g/mol. The molecule has 0 bridgehead atoms. The lowest BCUT2D eigenvalue weighted by molar-refractivity contribution is -0.138. The number of aromatic nitrogens is 1. The van der Waals surface area contributed by atoms with Crippen molar-refractivity contribution in [2.45, 2.75) is 28.8 Å². The summed E-state index contributed by atoms with van der Waals surface area (Å²) >= 11 is 1.01. The number of nitrogens with one attached hydrogen (secondary N) is 1. The maximum absolute atomic E-state index is 13.7. The summed E-state index contributed by atoms with van der Waals surface area (Å²) in [6.45, 7) is 1.88. The van der Waals surface area contributed by atoms with Crippen LogP contribution in [-0.4, -0.2) is 22.4 Å². The van der Waals surface area contributed by atoms with Crippen molar-refractivity contribution in [1.82, 2.24) is 4.98 Å². The number of carbonyl (C=O) groups excluding carboxylic acids is 1. The molecule has 0 saturated heterocycles. The number of hydrogen-bond donors (Lipinski definition) is 1. The van der Waals surface area contributed by atoms with Crippen LogP contribution in [0.5, 0.6) is 0 Å². The highest BCUT2D eigenvalue weighted by atomic mass is 32.2. The van der Waals surface area contributed by atoms with Crippen LogP contribution in [0.2, 0.25) is 0 Å². The number of carbonyl (C=O) groups is 1. The summed E-state index contributed by atoms with van der Waals surface area (Å²) in [6, 6.07) is 14.7. The van der Waals surface area contributed by atoms with E-state index in [1.165, 1.54) is 30.3 Å². The van der Waals surface area contributed by atoms with Crippen LogP contribution in [0.15, 0.2) is 64.5 Å². The van der Waals surface area contributed by atoms with E-state index in [-0.39, 0.29) is 26.9 Å². The first kappa shape index (κ1) is 25.5. The third kappa shape index (κ3) is 6.71. The molecule has 0 aliphatic rings. The number of nitriles is 1. The van der Waals surface area contributed by atoms with Crippen LogP contribution in [0, 0.1) is 18.3 Å². The standard InChI is InChI=1S/C23H16F5N3OS2/c1-13-2-6-15(7-3-13)30-20(32)12-33-21-17(11-29)18(23(26,27)28)10-19(31-21)14-4-8-16(9-5-14)34-22(24)25/h2-10,22H,12H2,1H3,(H,30,32). The highest BCUT2D eigenvalue weighted by molar-refractivity contribution is 8.00. The number of aryl methyl sites for hydroxylation is 1. The molecule has 4 nitrogen and oxygen atoms in total. The van der Waals surface area contributed by atoms with E-state index < -0.39 is 29.0 Å². The largest absolute Gasteiger partial charge is 0.417 e. The zero-order valence-corrected chi connectivity index (χ0v) is 19.1. The smallest absolute Gasteiger partial charge is 0.325 e. The average molecular weight is 510 g/mol. The molecule has 34 heavy (non-hydrogen) atoms. The predicted octanol–water partition coefficient (Wildman–Crippen LogP) is 6.99. The minimum Gasteiger partial charge on any atom is -0.325 e. The minimum atomic E-state index is -4.84. The Morgan fingerprint density at radius 1 is 1.12 bits per heavy atom. The van der Waals surface area contributed by atoms with Gasteiger partial charge >= 0.3 is 6.18 Å². The molecule has 1 heterocycles. The molecule has 0 aliphatic heterocycles. The van der Waals surface area contributed by atoms with Gasteiger partial charge in [-0.3, -0.25) is 4.79 Å². The number of rotatable bonds is 7. The van der Waals surface area contributed by atoms with Crippen molar-refractivity contribution in [2.75, 3.05) is 11.1 Å². The van der Waals surface area contributed by atoms with E-state index in [1.54, 1.807) is 24.3 Å². The van der Waals surface area contributed by atoms with Gasteiger partial charge in [0.05, 0.1) is 22.6 Å². The van der Waals surface area contributed by atoms with E-state index in [2.05, 4.69) is 10.3 Å². The number of thioether (sulfide) groups is 2. The predicted molar refractivity (Wildman–Crippen MR) is 122 cm³/mol. The lowest BCUT2D eigenvalue weighted by Gasteiger charge is -2.14. The molecule has 1 N–H and O–H groups in total. The van der Waals surface area contributed by atoms with Crippen LogP contribution in [0.3, 0.4) is 0 Å². The Morgan fingerprint density at radius 3 is 2.32 bits per heavy atom. The molecule has 0 radical (unpaired) electrons. The van der Waals surface area contributed by atoms with Gasteiger partial charge in [-0.2, -0.15) is 27.2 Å². The zero-order valence-electron chi connectivity index (χ0n) is 17.5. The molecule has 176 valence electrons. The second-order valence-corrected chi connectivity index (χ2v) is 8.98. The molecule has 0 saturated carbocycles. The van der Waals surface area contributed by atoms with E-state index in [9.17, 15) is 32.0 Å². The second-order valence-electron chi connectivity index (χ2n) is 6.95. The molecule has 0 spiro atoms. The van der Waals surface area contributed by atoms with Crippen molar-refractivity contribution >= 4 is 35.1 Å². The van der Waals surface area contributed by atoms with Gasteiger partial charge in [0.15, 0.2) is 0 Å². The summed E-state index contributed by atoms with van der Waals surface area (Å²) in [7, 11) is 0. The summed E-state index contributed by atoms with van der Waals surface area (Å²) in [4.78, 5) is 16.7. The van der Waals surface area contributed by atoms with Gasteiger partial charge in [0, 0.05) is 16.1 Å². The normalized spacial score (nSPS) is 11.4. The van der Waals surface area contributed by atoms with Gasteiger partial charge in [0.1, 0.15) is 11.1 Å². The lowest BCUT2D eigenvalue weighted by Crippen LogP contribution is -2.15. The van der Waals surface area contributed by atoms with Crippen molar-refractivity contribution in [3.8, 4) is 17.3 Å². The van der Waals surface area contributed by atoms with Gasteiger partial charge in [-0.15, -0.1) is 0 Å². The molecule has 0 fully saturated rings. The topological polar surface area (TPSA) is 65.8 Å². The first-order valence-electron chi connectivity index (χ1n) is 9.63. The molecule has 0 atom stereocenters. The molecular formula is C23H16F5N3OS2. The summed E-state index contributed by atoms with van der Waals surface area (Å²) in [6.07, 6.45) is -4.84. The van der Waals surface area contributed by atoms with E-state index in [1.807, 2.05) is 6.92 Å². The fourth-order valence-electron chi connectivity index (χ4n) is 2.88. The van der Waals surface area contributed by atoms with Gasteiger partial charge in [-0.25, -0.2) is 4.98 Å². The Labute approximate surface area is 200 Å². The number of pyridine rings is 1. The minimum absolute atomic E-state index is 0.0960. The SMILES string of the molecule is Cc1ccc(NC(=O)CSc2nc(-c3ccc(SC(F)F)cc3)cc(C(F)(F)F)c2C#N)cc1. The summed E-state index contributed by atoms with van der Waals surface area (Å²) in [5.74, 6) is -3.39. The van der Waals surface area contributed by atoms with Crippen molar-refractivity contribution in [2.24, 2.45) is 0 Å². The van der Waals surface area contributed by atoms with Crippen LogP contribution in [0.25, 0.3) is 11.3 Å². The Bertz CT molecular complexity index is 1210. The first-order valence-corrected chi connectivity index (χ1v) is 11.5. The van der Waals surface area contributed by atoms with Crippen LogP contribution in [0.1, 0.15) is 16.7 Å². The van der Waals surface area contributed by atoms with E-state index in [0.29, 0.717) is 29.2 Å². The summed E-state index contributed by atoms with van der Waals surface area (Å²) in [5, 5.41) is 11.8. The number of amides is 1. The maximum Gasteiger partial charge on any atom is 0.417 e. The van der Waals surface area contributed by atoms with Crippen LogP contribution in [0.4, 0.5) is 27.6 Å². The molecule has 11 heteroatoms. The highest BCUT2D eigenvalue weighted by Gasteiger charge is 2.36. The molecule has 2 aromatic carbocycles. The quantitative estimate of drug-likeness (QED) is 0.275. The fourth-order valence-corrected chi connectivity index (χ4v) is 4.18. The lowest BCUT2D eigenvalue weighted by atomic mass is 10.1. The first-order chi connectivity index (χ1) is 16.1. The third-order valence-electron chi connectivity index (χ3n) is 4.45. The fraction of sp³-hybridized carbons (Fsp3) is 0.174. The van der Waals surface area contributed by atoms with Gasteiger partial charge in [-0.05, 0) is 37.3 Å². The molecule has 1 amide bonds. The number of alkyl halides is 5. The molecule has 0 unspecified atom stereocenters. The van der Waals surface area contributed by atoms with Gasteiger partial charge in [0.25, 0.3) is 5.76 Å².